The molecule has 0 unspecified atom stereocenters. The number of nitrogens with zero attached hydrogens (tertiary/aromatic N) is 3. The second-order valence-corrected chi connectivity index (χ2v) is 3.91. The third kappa shape index (κ3) is 2.39. The third-order valence-electron chi connectivity index (χ3n) is 2.19. The van der Waals surface area contributed by atoms with Crippen LogP contribution in [0.4, 0.5) is 0 Å². The van der Waals surface area contributed by atoms with Gasteiger partial charge < -0.3 is 5.73 Å². The van der Waals surface area contributed by atoms with Crippen LogP contribution >= 0.6 is 11.6 Å². The Morgan fingerprint density at radius 3 is 2.71 bits per heavy atom. The van der Waals surface area contributed by atoms with Crippen LogP contribution in [-0.2, 0) is 0 Å². The van der Waals surface area contributed by atoms with Gasteiger partial charge in [-0.3, -0.25) is 9.78 Å². The minimum Gasteiger partial charge on any atom is -0.366 e. The first-order valence-electron chi connectivity index (χ1n) is 4.83. The van der Waals surface area contributed by atoms with Crippen LogP contribution in [0.2, 0.25) is 5.15 Å². The molecule has 0 aliphatic rings. The summed E-state index contributed by atoms with van der Waals surface area (Å²) < 4.78 is 0. The molecule has 0 aliphatic heterocycles. The molecule has 2 aromatic heterocycles. The topological polar surface area (TPSA) is 81.8 Å². The first-order valence-corrected chi connectivity index (χ1v) is 5.21. The number of primary amides is 1. The Morgan fingerprint density at radius 2 is 2.06 bits per heavy atom. The Bertz CT molecular complexity index is 585. The predicted octanol–water partition coefficient (Wildman–Crippen LogP) is 1.60. The van der Waals surface area contributed by atoms with Crippen LogP contribution in [0.15, 0.2) is 24.5 Å². The van der Waals surface area contributed by atoms with Gasteiger partial charge in [-0.1, -0.05) is 11.6 Å². The number of aromatic nitrogens is 3. The number of carbonyl (C=O) groups excluding carboxylic acids is 1. The van der Waals surface area contributed by atoms with Gasteiger partial charge >= 0.3 is 0 Å². The van der Waals surface area contributed by atoms with Crippen LogP contribution in [0.3, 0.4) is 0 Å². The van der Waals surface area contributed by atoms with Crippen LogP contribution in [0.25, 0.3) is 11.3 Å². The van der Waals surface area contributed by atoms with Crippen LogP contribution in [0, 0.1) is 6.92 Å². The maximum absolute atomic E-state index is 11.1. The van der Waals surface area contributed by atoms with Crippen LogP contribution < -0.4 is 5.73 Å². The monoisotopic (exact) mass is 248 g/mol. The highest BCUT2D eigenvalue weighted by Gasteiger charge is 2.11. The number of carbonyl (C=O) groups is 1. The lowest BCUT2D eigenvalue weighted by atomic mass is 10.1. The fourth-order valence-electron chi connectivity index (χ4n) is 1.39. The van der Waals surface area contributed by atoms with Crippen molar-refractivity contribution >= 4 is 17.5 Å². The van der Waals surface area contributed by atoms with Gasteiger partial charge in [-0.2, -0.15) is 0 Å². The molecule has 6 heteroatoms. The highest BCUT2D eigenvalue weighted by atomic mass is 35.5. The molecule has 0 aromatic carbocycles. The third-order valence-corrected chi connectivity index (χ3v) is 2.46. The summed E-state index contributed by atoms with van der Waals surface area (Å²) in [5.74, 6) is -0.633. The lowest BCUT2D eigenvalue weighted by molar-refractivity contribution is 0.1000. The van der Waals surface area contributed by atoms with E-state index < -0.39 is 5.91 Å². The first-order chi connectivity index (χ1) is 8.08. The molecule has 2 heterocycles. The summed E-state index contributed by atoms with van der Waals surface area (Å²) in [5.41, 5.74) is 7.60. The van der Waals surface area contributed by atoms with Gasteiger partial charge in [0.05, 0.1) is 11.3 Å². The molecule has 0 bridgehead atoms. The average Bonchev–Trinajstić information content (AvgIpc) is 2.29. The van der Waals surface area contributed by atoms with Crippen molar-refractivity contribution in [1.82, 2.24) is 15.2 Å². The summed E-state index contributed by atoms with van der Waals surface area (Å²) in [7, 11) is 0. The van der Waals surface area contributed by atoms with Crippen molar-refractivity contribution in [2.24, 2.45) is 5.73 Å². The zero-order chi connectivity index (χ0) is 12.4. The van der Waals surface area contributed by atoms with Crippen molar-refractivity contribution in [3.8, 4) is 11.3 Å². The highest BCUT2D eigenvalue weighted by Crippen LogP contribution is 2.20. The van der Waals surface area contributed by atoms with Crippen LogP contribution in [0.5, 0.6) is 0 Å². The van der Waals surface area contributed by atoms with E-state index in [-0.39, 0.29) is 10.7 Å². The van der Waals surface area contributed by atoms with E-state index in [1.807, 2.05) is 13.0 Å². The highest BCUT2D eigenvalue weighted by molar-refractivity contribution is 6.32. The summed E-state index contributed by atoms with van der Waals surface area (Å²) in [6, 6.07) is 3.39. The molecule has 2 rings (SSSR count). The van der Waals surface area contributed by atoms with E-state index in [1.54, 1.807) is 12.4 Å². The van der Waals surface area contributed by atoms with Crippen molar-refractivity contribution in [2.75, 3.05) is 0 Å². The molecule has 2 N–H and O–H groups in total. The van der Waals surface area contributed by atoms with Crippen molar-refractivity contribution in [2.45, 2.75) is 6.92 Å². The van der Waals surface area contributed by atoms with E-state index in [2.05, 4.69) is 15.2 Å². The van der Waals surface area contributed by atoms with Crippen LogP contribution in [-0.4, -0.2) is 21.1 Å². The van der Waals surface area contributed by atoms with Gasteiger partial charge in [-0.25, -0.2) is 0 Å². The number of hydrogen-bond donors (Lipinski definition) is 1. The number of aryl methyl sites for hydroxylation is 1. The predicted molar refractivity (Wildman–Crippen MR) is 63.5 cm³/mol. The Hall–Kier alpha value is -2.01. The molecule has 17 heavy (non-hydrogen) atoms. The SMILES string of the molecule is Cc1cncc(-c2cc(C(N)=O)c(Cl)nn2)c1. The Balaban J connectivity index is 2.54. The molecule has 1 amide bonds. The van der Waals surface area contributed by atoms with Crippen molar-refractivity contribution in [3.05, 3.63) is 40.8 Å². The van der Waals surface area contributed by atoms with Crippen molar-refractivity contribution < 1.29 is 4.79 Å². The van der Waals surface area contributed by atoms with Gasteiger partial charge in [-0.05, 0) is 24.6 Å². The van der Waals surface area contributed by atoms with Crippen molar-refractivity contribution in [3.63, 3.8) is 0 Å². The molecule has 86 valence electrons. The second-order valence-electron chi connectivity index (χ2n) is 3.55. The van der Waals surface area contributed by atoms with E-state index in [1.165, 1.54) is 6.07 Å². The quantitative estimate of drug-likeness (QED) is 0.875. The minimum absolute atomic E-state index is 0.00172. The first kappa shape index (κ1) is 11.5. The summed E-state index contributed by atoms with van der Waals surface area (Å²) in [4.78, 5) is 15.2. The molecule has 2 aromatic rings. The Labute approximate surface area is 103 Å². The zero-order valence-corrected chi connectivity index (χ0v) is 9.77. The Kier molecular flexibility index (Phi) is 3.01. The van der Waals surface area contributed by atoms with E-state index in [0.717, 1.165) is 11.1 Å². The molecule has 0 atom stereocenters. The molecule has 0 saturated heterocycles. The fraction of sp³-hybridized carbons (Fsp3) is 0.0909. The molecule has 0 aliphatic carbocycles. The molecule has 0 radical (unpaired) electrons. The molecule has 5 nitrogen and oxygen atoms in total. The van der Waals surface area contributed by atoms with Gasteiger partial charge in [-0.15, -0.1) is 10.2 Å². The maximum atomic E-state index is 11.1. The average molecular weight is 249 g/mol. The number of halogens is 1. The summed E-state index contributed by atoms with van der Waals surface area (Å²) in [6.45, 7) is 1.91. The number of rotatable bonds is 2. The standard InChI is InChI=1S/C11H9ClN4O/c1-6-2-7(5-14-4-6)9-3-8(11(13)17)10(12)16-15-9/h2-5H,1H3,(H2,13,17). The van der Waals surface area contributed by atoms with Crippen molar-refractivity contribution in [1.29, 1.82) is 0 Å². The van der Waals surface area contributed by atoms with E-state index in [4.69, 9.17) is 17.3 Å². The number of nitrogens with two attached hydrogens (primary N) is 1. The summed E-state index contributed by atoms with van der Waals surface area (Å²) in [6.07, 6.45) is 3.36. The summed E-state index contributed by atoms with van der Waals surface area (Å²) >= 11 is 5.72. The zero-order valence-electron chi connectivity index (χ0n) is 9.01. The Morgan fingerprint density at radius 1 is 1.29 bits per heavy atom. The van der Waals surface area contributed by atoms with Gasteiger partial charge in [0.25, 0.3) is 5.91 Å². The fourth-order valence-corrected chi connectivity index (χ4v) is 1.57. The molecule has 0 spiro atoms. The molecule has 0 saturated carbocycles. The van der Waals surface area contributed by atoms with E-state index in [9.17, 15) is 4.79 Å². The number of pyridine rings is 1. The van der Waals surface area contributed by atoms with E-state index in [0.29, 0.717) is 5.69 Å². The molecular formula is C11H9ClN4O. The largest absolute Gasteiger partial charge is 0.366 e. The number of amides is 1. The van der Waals surface area contributed by atoms with Gasteiger partial charge in [0.1, 0.15) is 0 Å². The van der Waals surface area contributed by atoms with Crippen LogP contribution in [0.1, 0.15) is 15.9 Å². The number of hydrogen-bond acceptors (Lipinski definition) is 4. The normalized spacial score (nSPS) is 10.2. The van der Waals surface area contributed by atoms with Gasteiger partial charge in [0.2, 0.25) is 0 Å². The summed E-state index contributed by atoms with van der Waals surface area (Å²) in [5, 5.41) is 7.60. The smallest absolute Gasteiger partial charge is 0.251 e. The minimum atomic E-state index is -0.633. The second kappa shape index (κ2) is 4.47. The van der Waals surface area contributed by atoms with E-state index >= 15 is 0 Å². The maximum Gasteiger partial charge on any atom is 0.251 e. The van der Waals surface area contributed by atoms with Gasteiger partial charge in [0, 0.05) is 18.0 Å². The molecule has 0 fully saturated rings. The molecular weight excluding hydrogens is 240 g/mol. The lowest BCUT2D eigenvalue weighted by Crippen LogP contribution is -2.13. The van der Waals surface area contributed by atoms with Gasteiger partial charge in [0.15, 0.2) is 5.15 Å². The lowest BCUT2D eigenvalue weighted by Gasteiger charge is -2.03.